The second-order valence-corrected chi connectivity index (χ2v) is 10.7. The first-order valence-electron chi connectivity index (χ1n) is 13.6. The molecule has 11 heteroatoms. The minimum atomic E-state index is -1.68. The summed E-state index contributed by atoms with van der Waals surface area (Å²) in [6.45, 7) is 13.0. The van der Waals surface area contributed by atoms with E-state index in [1.807, 2.05) is 72.0 Å². The molecule has 1 amide bonds. The van der Waals surface area contributed by atoms with E-state index in [0.29, 0.717) is 35.5 Å². The van der Waals surface area contributed by atoms with Gasteiger partial charge in [-0.05, 0) is 64.9 Å². The zero-order valence-corrected chi connectivity index (χ0v) is 26.6. The Morgan fingerprint density at radius 1 is 1.10 bits per heavy atom. The molecule has 2 unspecified atom stereocenters. The van der Waals surface area contributed by atoms with Crippen LogP contribution >= 0.6 is 0 Å². The summed E-state index contributed by atoms with van der Waals surface area (Å²) in [5, 5.41) is 2.97. The molecule has 0 spiro atoms. The number of carbonyl (C=O) groups is 3. The summed E-state index contributed by atoms with van der Waals surface area (Å²) in [4.78, 5) is 36.5. The van der Waals surface area contributed by atoms with Crippen molar-refractivity contribution >= 4 is 29.3 Å². The lowest BCUT2D eigenvalue weighted by atomic mass is 10.1. The third kappa shape index (κ3) is 16.2. The normalized spacial score (nSPS) is 11.5. The minimum absolute atomic E-state index is 0. The third-order valence-corrected chi connectivity index (χ3v) is 6.23. The van der Waals surface area contributed by atoms with Crippen molar-refractivity contribution in [1.29, 1.82) is 0 Å². The average Bonchev–Trinajstić information content (AvgIpc) is 2.96. The fourth-order valence-corrected chi connectivity index (χ4v) is 4.06. The number of ether oxygens (including phenoxy) is 3. The molecular weight excluding hydrogens is 558 g/mol. The van der Waals surface area contributed by atoms with Gasteiger partial charge < -0.3 is 24.4 Å². The maximum absolute atomic E-state index is 12.7. The van der Waals surface area contributed by atoms with Crippen molar-refractivity contribution < 1.29 is 32.8 Å². The van der Waals surface area contributed by atoms with E-state index in [1.165, 1.54) is 19.2 Å². The van der Waals surface area contributed by atoms with Crippen molar-refractivity contribution in [3.63, 3.8) is 0 Å². The molecule has 0 radical (unpaired) electrons. The summed E-state index contributed by atoms with van der Waals surface area (Å²) in [7, 11) is 3.33. The van der Waals surface area contributed by atoms with Crippen molar-refractivity contribution in [1.82, 2.24) is 14.9 Å². The largest absolute Gasteiger partial charge is 0.496 e. The molecule has 0 aliphatic heterocycles. The molecule has 2 rings (SSSR count). The van der Waals surface area contributed by atoms with Crippen molar-refractivity contribution in [2.75, 3.05) is 40.9 Å². The number of nitrogens with zero attached hydrogens (tertiary/aromatic N) is 1. The van der Waals surface area contributed by atoms with E-state index in [4.69, 9.17) is 14.2 Å². The number of hydrogen-bond acceptors (Lipinski definition) is 8. The molecular formula is C31H51N3O7S. The molecule has 0 heterocycles. The summed E-state index contributed by atoms with van der Waals surface area (Å²) in [6.07, 6.45) is 0.729. The SMILES string of the molecule is C.CC.CCOC(=O)C(Cc1ccccc1)NS(=O)c1ccc(C=O)c(OC)c1.CNCCN(C)C(=O)OC(C)(C)C. The highest BCUT2D eigenvalue weighted by atomic mass is 32.2. The molecule has 2 aromatic rings. The van der Waals surface area contributed by atoms with Gasteiger partial charge >= 0.3 is 12.1 Å². The number of nitrogens with one attached hydrogen (secondary N) is 2. The number of rotatable bonds is 12. The molecule has 0 aliphatic carbocycles. The summed E-state index contributed by atoms with van der Waals surface area (Å²) in [5.74, 6) is -0.149. The lowest BCUT2D eigenvalue weighted by Crippen LogP contribution is -2.40. The van der Waals surface area contributed by atoms with Crippen LogP contribution in [0.4, 0.5) is 4.79 Å². The van der Waals surface area contributed by atoms with E-state index < -0.39 is 28.6 Å². The Kier molecular flexibility index (Phi) is 21.7. The predicted octanol–water partition coefficient (Wildman–Crippen LogP) is 5.03. The molecule has 238 valence electrons. The van der Waals surface area contributed by atoms with Crippen LogP contribution in [0.1, 0.15) is 64.9 Å². The smallest absolute Gasteiger partial charge is 0.410 e. The van der Waals surface area contributed by atoms with Crippen LogP contribution in [-0.4, -0.2) is 80.0 Å². The average molecular weight is 610 g/mol. The van der Waals surface area contributed by atoms with Gasteiger partial charge in [0.15, 0.2) is 6.29 Å². The van der Waals surface area contributed by atoms with E-state index in [0.717, 1.165) is 12.1 Å². The number of likely N-dealkylation sites (N-methyl/N-ethyl adjacent to an activating group) is 2. The monoisotopic (exact) mass is 609 g/mol. The Morgan fingerprint density at radius 2 is 1.71 bits per heavy atom. The number of carbonyl (C=O) groups excluding carboxylic acids is 3. The van der Waals surface area contributed by atoms with Gasteiger partial charge in [0.2, 0.25) is 0 Å². The molecule has 2 atom stereocenters. The van der Waals surface area contributed by atoms with Gasteiger partial charge in [-0.25, -0.2) is 13.7 Å². The Bertz CT molecular complexity index is 1080. The quantitative estimate of drug-likeness (QED) is 0.254. The third-order valence-electron chi connectivity index (χ3n) is 5.05. The number of amides is 1. The summed E-state index contributed by atoms with van der Waals surface area (Å²) in [6, 6.07) is 13.2. The molecule has 0 bridgehead atoms. The highest BCUT2D eigenvalue weighted by Gasteiger charge is 2.23. The van der Waals surface area contributed by atoms with Crippen molar-refractivity contribution in [2.45, 2.75) is 71.9 Å². The summed E-state index contributed by atoms with van der Waals surface area (Å²) in [5.41, 5.74) is 0.869. The van der Waals surface area contributed by atoms with E-state index in [-0.39, 0.29) is 20.1 Å². The zero-order valence-electron chi connectivity index (χ0n) is 25.8. The van der Waals surface area contributed by atoms with E-state index >= 15 is 0 Å². The van der Waals surface area contributed by atoms with Crippen LogP contribution in [0.3, 0.4) is 0 Å². The van der Waals surface area contributed by atoms with Crippen LogP contribution in [-0.2, 0) is 31.7 Å². The Morgan fingerprint density at radius 3 is 2.21 bits per heavy atom. The number of hydrogen-bond donors (Lipinski definition) is 2. The van der Waals surface area contributed by atoms with Gasteiger partial charge in [-0.15, -0.1) is 0 Å². The lowest BCUT2D eigenvalue weighted by molar-refractivity contribution is -0.145. The van der Waals surface area contributed by atoms with Crippen LogP contribution in [0.25, 0.3) is 0 Å². The number of methoxy groups -OCH3 is 1. The number of benzene rings is 2. The highest BCUT2D eigenvalue weighted by molar-refractivity contribution is 7.83. The van der Waals surface area contributed by atoms with Crippen LogP contribution in [0.2, 0.25) is 0 Å². The summed E-state index contributed by atoms with van der Waals surface area (Å²) >= 11 is 0. The van der Waals surface area contributed by atoms with Gasteiger partial charge in [-0.3, -0.25) is 9.59 Å². The van der Waals surface area contributed by atoms with E-state index in [1.54, 1.807) is 24.9 Å². The number of aldehydes is 1. The Labute approximate surface area is 255 Å². The van der Waals surface area contributed by atoms with Gasteiger partial charge in [-0.2, -0.15) is 0 Å². The van der Waals surface area contributed by atoms with Crippen LogP contribution < -0.4 is 14.8 Å². The summed E-state index contributed by atoms with van der Waals surface area (Å²) < 4.78 is 30.9. The zero-order chi connectivity index (χ0) is 31.4. The molecule has 0 fully saturated rings. The van der Waals surface area contributed by atoms with E-state index in [9.17, 15) is 18.6 Å². The molecule has 2 aromatic carbocycles. The van der Waals surface area contributed by atoms with Gasteiger partial charge in [0.1, 0.15) is 28.4 Å². The molecule has 0 saturated carbocycles. The van der Waals surface area contributed by atoms with Crippen molar-refractivity contribution in [3.8, 4) is 5.75 Å². The topological polar surface area (TPSA) is 123 Å². The van der Waals surface area contributed by atoms with Crippen LogP contribution in [0.15, 0.2) is 53.4 Å². The highest BCUT2D eigenvalue weighted by Crippen LogP contribution is 2.20. The van der Waals surface area contributed by atoms with Crippen molar-refractivity contribution in [3.05, 3.63) is 59.7 Å². The van der Waals surface area contributed by atoms with E-state index in [2.05, 4.69) is 10.0 Å². The molecule has 0 aromatic heterocycles. The second kappa shape index (κ2) is 22.3. The maximum Gasteiger partial charge on any atom is 0.410 e. The molecule has 0 aliphatic rings. The second-order valence-electron chi connectivity index (χ2n) is 9.41. The first kappa shape index (κ1) is 40.9. The van der Waals surface area contributed by atoms with Gasteiger partial charge in [-0.1, -0.05) is 51.6 Å². The van der Waals surface area contributed by atoms with Gasteiger partial charge in [0.25, 0.3) is 0 Å². The fraction of sp³-hybridized carbons (Fsp3) is 0.516. The van der Waals surface area contributed by atoms with Crippen LogP contribution in [0, 0.1) is 0 Å². The number of esters is 1. The van der Waals surface area contributed by atoms with Gasteiger partial charge in [0, 0.05) is 20.1 Å². The van der Waals surface area contributed by atoms with Crippen molar-refractivity contribution in [2.24, 2.45) is 0 Å². The first-order chi connectivity index (χ1) is 19.4. The lowest BCUT2D eigenvalue weighted by Gasteiger charge is -2.24. The molecule has 0 saturated heterocycles. The molecule has 10 nitrogen and oxygen atoms in total. The Hall–Kier alpha value is -3.28. The Balaban J connectivity index is 0. The van der Waals surface area contributed by atoms with Gasteiger partial charge in [0.05, 0.1) is 24.2 Å². The molecule has 42 heavy (non-hydrogen) atoms. The fourth-order valence-electron chi connectivity index (χ4n) is 3.08. The first-order valence-corrected chi connectivity index (χ1v) is 14.7. The predicted molar refractivity (Wildman–Crippen MR) is 169 cm³/mol. The van der Waals surface area contributed by atoms with Crippen LogP contribution in [0.5, 0.6) is 5.75 Å². The maximum atomic E-state index is 12.7. The molecule has 2 N–H and O–H groups in total. The standard InChI is InChI=1S/C19H21NO5S.C9H20N2O2.C2H6.CH4/c1-3-25-19(22)17(11-14-7-5-4-6-8-14)20-26(23)16-10-9-15(13-21)18(12-16)24-2;1-9(2,3)13-8(12)11(5)7-6-10-4;1-2;/h4-10,12-13,17,20H,3,11H2,1-2H3;10H,6-7H2,1-5H3;1-2H3;1H4. The minimum Gasteiger partial charge on any atom is -0.496 e.